The van der Waals surface area contributed by atoms with Crippen molar-refractivity contribution in [3.63, 3.8) is 0 Å². The fourth-order valence-electron chi connectivity index (χ4n) is 2.26. The Balaban J connectivity index is 2.28. The van der Waals surface area contributed by atoms with E-state index in [0.717, 1.165) is 12.1 Å². The maximum Gasteiger partial charge on any atom is 0.253 e. The van der Waals surface area contributed by atoms with Crippen LogP contribution in [-0.4, -0.2) is 32.8 Å². The summed E-state index contributed by atoms with van der Waals surface area (Å²) in [5, 5.41) is 0. The number of rotatable bonds is 7. The Morgan fingerprint density at radius 3 is 2.54 bits per heavy atom. The van der Waals surface area contributed by atoms with Crippen LogP contribution in [0.5, 0.6) is 0 Å². The number of hydrogen-bond donors (Lipinski definition) is 1. The number of carbonyl (C=O) groups excluding carboxylic acids is 1. The highest BCUT2D eigenvalue weighted by atomic mass is 32.2. The molecule has 5 nitrogen and oxygen atoms in total. The van der Waals surface area contributed by atoms with E-state index in [2.05, 4.69) is 11.3 Å². The fourth-order valence-corrected chi connectivity index (χ4v) is 3.36. The van der Waals surface area contributed by atoms with Crippen molar-refractivity contribution in [2.75, 3.05) is 13.6 Å². The zero-order valence-corrected chi connectivity index (χ0v) is 14.9. The van der Waals surface area contributed by atoms with E-state index in [1.165, 1.54) is 36.2 Å². The van der Waals surface area contributed by atoms with Crippen LogP contribution in [0.4, 0.5) is 8.78 Å². The molecule has 0 atom stereocenters. The molecule has 1 amide bonds. The number of hydrogen-bond acceptors (Lipinski definition) is 3. The van der Waals surface area contributed by atoms with Gasteiger partial charge in [0.25, 0.3) is 5.91 Å². The molecular weight excluding hydrogens is 362 g/mol. The molecule has 0 aliphatic rings. The monoisotopic (exact) mass is 380 g/mol. The van der Waals surface area contributed by atoms with E-state index < -0.39 is 32.5 Å². The van der Waals surface area contributed by atoms with E-state index in [-0.39, 0.29) is 18.7 Å². The van der Waals surface area contributed by atoms with Gasteiger partial charge in [0.2, 0.25) is 10.0 Å². The first-order valence-corrected chi connectivity index (χ1v) is 9.13. The van der Waals surface area contributed by atoms with Gasteiger partial charge < -0.3 is 4.90 Å². The minimum atomic E-state index is -4.13. The summed E-state index contributed by atoms with van der Waals surface area (Å²) in [7, 11) is -2.68. The molecule has 2 aromatic rings. The summed E-state index contributed by atoms with van der Waals surface area (Å²) in [4.78, 5) is 13.1. The number of nitrogens with one attached hydrogen (secondary N) is 1. The molecule has 1 N–H and O–H groups in total. The minimum Gasteiger partial charge on any atom is -0.337 e. The Kier molecular flexibility index (Phi) is 6.23. The summed E-state index contributed by atoms with van der Waals surface area (Å²) >= 11 is 0. The number of halogens is 2. The van der Waals surface area contributed by atoms with Crippen molar-refractivity contribution in [1.82, 2.24) is 9.62 Å². The van der Waals surface area contributed by atoms with Crippen LogP contribution in [0.1, 0.15) is 15.9 Å². The van der Waals surface area contributed by atoms with Gasteiger partial charge in [0, 0.05) is 31.3 Å². The summed E-state index contributed by atoms with van der Waals surface area (Å²) in [6, 6.07) is 9.05. The van der Waals surface area contributed by atoms with Gasteiger partial charge in [-0.05, 0) is 24.3 Å². The molecule has 0 saturated carbocycles. The van der Waals surface area contributed by atoms with Crippen LogP contribution in [0.25, 0.3) is 0 Å². The Hall–Kier alpha value is -2.58. The van der Waals surface area contributed by atoms with Gasteiger partial charge in [0.05, 0.1) is 0 Å². The second-order valence-electron chi connectivity index (χ2n) is 5.54. The molecule has 0 spiro atoms. The largest absolute Gasteiger partial charge is 0.337 e. The molecule has 0 heterocycles. The van der Waals surface area contributed by atoms with Gasteiger partial charge in [-0.1, -0.05) is 24.3 Å². The van der Waals surface area contributed by atoms with Crippen molar-refractivity contribution in [2.45, 2.75) is 11.4 Å². The predicted octanol–water partition coefficient (Wildman–Crippen LogP) is 2.70. The third-order valence-electron chi connectivity index (χ3n) is 3.60. The molecular formula is C18H18F2N2O3S. The predicted molar refractivity (Wildman–Crippen MR) is 94.0 cm³/mol. The third kappa shape index (κ3) is 4.53. The first-order valence-electron chi connectivity index (χ1n) is 7.65. The van der Waals surface area contributed by atoms with Crippen molar-refractivity contribution in [3.8, 4) is 0 Å². The quantitative estimate of drug-likeness (QED) is 0.751. The number of sulfonamides is 1. The highest BCUT2D eigenvalue weighted by Crippen LogP contribution is 2.18. The molecule has 2 aromatic carbocycles. The van der Waals surface area contributed by atoms with Crippen molar-refractivity contribution in [3.05, 3.63) is 77.9 Å². The molecule has 0 saturated heterocycles. The van der Waals surface area contributed by atoms with Crippen molar-refractivity contribution in [1.29, 1.82) is 0 Å². The fraction of sp³-hybridized carbons (Fsp3) is 0.167. The van der Waals surface area contributed by atoms with Crippen LogP contribution >= 0.6 is 0 Å². The lowest BCUT2D eigenvalue weighted by Crippen LogP contribution is -2.28. The summed E-state index contributed by atoms with van der Waals surface area (Å²) in [6.07, 6.45) is 1.31. The molecule has 0 aliphatic heterocycles. The van der Waals surface area contributed by atoms with E-state index >= 15 is 0 Å². The van der Waals surface area contributed by atoms with Gasteiger partial charge in [-0.3, -0.25) is 4.79 Å². The van der Waals surface area contributed by atoms with Gasteiger partial charge in [-0.25, -0.2) is 21.9 Å². The van der Waals surface area contributed by atoms with Gasteiger partial charge in [0.15, 0.2) is 0 Å². The number of amides is 1. The zero-order chi connectivity index (χ0) is 19.3. The standard InChI is InChI=1S/C18H18F2N2O3S/c1-3-10-21-26(24,25)17-11-13(8-9-16(17)20)18(23)22(2)12-14-6-4-5-7-15(14)19/h3-9,11,21H,1,10,12H2,2H3. The minimum absolute atomic E-state index is 0.0142. The van der Waals surface area contributed by atoms with Crippen molar-refractivity contribution >= 4 is 15.9 Å². The smallest absolute Gasteiger partial charge is 0.253 e. The lowest BCUT2D eigenvalue weighted by molar-refractivity contribution is 0.0783. The molecule has 0 bridgehead atoms. The average molecular weight is 380 g/mol. The highest BCUT2D eigenvalue weighted by molar-refractivity contribution is 7.89. The van der Waals surface area contributed by atoms with Crippen LogP contribution < -0.4 is 4.72 Å². The molecule has 138 valence electrons. The Bertz CT molecular complexity index is 930. The topological polar surface area (TPSA) is 66.5 Å². The van der Waals surface area contributed by atoms with Crippen LogP contribution in [0.2, 0.25) is 0 Å². The van der Waals surface area contributed by atoms with Gasteiger partial charge in [-0.15, -0.1) is 6.58 Å². The van der Waals surface area contributed by atoms with Crippen LogP contribution in [0, 0.1) is 11.6 Å². The Morgan fingerprint density at radius 1 is 1.19 bits per heavy atom. The van der Waals surface area contributed by atoms with Crippen molar-refractivity contribution in [2.24, 2.45) is 0 Å². The Morgan fingerprint density at radius 2 is 1.88 bits per heavy atom. The van der Waals surface area contributed by atoms with E-state index in [1.54, 1.807) is 12.1 Å². The van der Waals surface area contributed by atoms with Gasteiger partial charge >= 0.3 is 0 Å². The lowest BCUT2D eigenvalue weighted by Gasteiger charge is -2.18. The van der Waals surface area contributed by atoms with Crippen LogP contribution in [-0.2, 0) is 16.6 Å². The SMILES string of the molecule is C=CCNS(=O)(=O)c1cc(C(=O)N(C)Cc2ccccc2F)ccc1F. The first kappa shape index (κ1) is 19.7. The molecule has 26 heavy (non-hydrogen) atoms. The number of nitrogens with zero attached hydrogens (tertiary/aromatic N) is 1. The maximum absolute atomic E-state index is 13.9. The third-order valence-corrected chi connectivity index (χ3v) is 5.04. The second-order valence-corrected chi connectivity index (χ2v) is 7.27. The normalized spacial score (nSPS) is 11.2. The van der Waals surface area contributed by atoms with Gasteiger partial charge in [0.1, 0.15) is 16.5 Å². The summed E-state index contributed by atoms with van der Waals surface area (Å²) < 4.78 is 54.0. The van der Waals surface area contributed by atoms with Crippen LogP contribution in [0.3, 0.4) is 0 Å². The zero-order valence-electron chi connectivity index (χ0n) is 14.1. The van der Waals surface area contributed by atoms with Crippen LogP contribution in [0.15, 0.2) is 60.0 Å². The molecule has 0 radical (unpaired) electrons. The van der Waals surface area contributed by atoms with E-state index in [4.69, 9.17) is 0 Å². The molecule has 2 rings (SSSR count). The summed E-state index contributed by atoms with van der Waals surface area (Å²) in [6.45, 7) is 3.29. The molecule has 0 unspecified atom stereocenters. The number of carbonyl (C=O) groups is 1. The molecule has 0 aliphatic carbocycles. The van der Waals surface area contributed by atoms with E-state index in [9.17, 15) is 22.0 Å². The molecule has 0 fully saturated rings. The van der Waals surface area contributed by atoms with Gasteiger partial charge in [-0.2, -0.15) is 0 Å². The average Bonchev–Trinajstić information content (AvgIpc) is 2.61. The molecule has 8 heteroatoms. The first-order chi connectivity index (χ1) is 12.3. The van der Waals surface area contributed by atoms with E-state index in [1.807, 2.05) is 0 Å². The number of benzene rings is 2. The summed E-state index contributed by atoms with van der Waals surface area (Å²) in [5.74, 6) is -1.99. The van der Waals surface area contributed by atoms with Crippen molar-refractivity contribution < 1.29 is 22.0 Å². The molecule has 0 aromatic heterocycles. The van der Waals surface area contributed by atoms with E-state index in [0.29, 0.717) is 5.56 Å². The lowest BCUT2D eigenvalue weighted by atomic mass is 10.1. The highest BCUT2D eigenvalue weighted by Gasteiger charge is 2.22. The Labute approximate surface area is 151 Å². The second kappa shape index (κ2) is 8.20. The maximum atomic E-state index is 13.9. The summed E-state index contributed by atoms with van der Waals surface area (Å²) in [5.41, 5.74) is 0.287.